The Morgan fingerprint density at radius 2 is 1.53 bits per heavy atom. The maximum absolute atomic E-state index is 14.3. The highest BCUT2D eigenvalue weighted by Gasteiger charge is 2.54. The number of nitrogens with zero attached hydrogens (tertiary/aromatic N) is 2. The second kappa shape index (κ2) is 20.5. The summed E-state index contributed by atoms with van der Waals surface area (Å²) in [6.45, 7) is 17.6. The van der Waals surface area contributed by atoms with Gasteiger partial charge in [0.25, 0.3) is 0 Å². The van der Waals surface area contributed by atoms with Gasteiger partial charge < -0.3 is 73.1 Å². The Morgan fingerprint density at radius 1 is 0.897 bits per heavy atom. The molecule has 0 unspecified atom stereocenters. The van der Waals surface area contributed by atoms with Gasteiger partial charge in [0.2, 0.25) is 0 Å². The quantitative estimate of drug-likeness (QED) is 0.0414. The lowest BCUT2D eigenvalue weighted by molar-refractivity contribution is -0.939. The third kappa shape index (κ3) is 11.5. The topological polar surface area (TPSA) is 225 Å². The average Bonchev–Trinajstić information content (AvgIpc) is 3.15. The van der Waals surface area contributed by atoms with Crippen LogP contribution in [0.3, 0.4) is 0 Å². The van der Waals surface area contributed by atoms with E-state index in [2.05, 4.69) is 5.16 Å². The molecule has 0 amide bonds. The zero-order valence-corrected chi connectivity index (χ0v) is 37.4. The number of aliphatic hydroxyl groups excluding tert-OH is 3. The highest BCUT2D eigenvalue weighted by molar-refractivity contribution is 5.88. The Hall–Kier alpha value is -1.58. The molecule has 3 rings (SSSR count). The van der Waals surface area contributed by atoms with Crippen molar-refractivity contribution in [3.63, 3.8) is 0 Å². The van der Waals surface area contributed by atoms with Gasteiger partial charge in [-0.25, -0.2) is 0 Å². The number of methoxy groups -OCH3 is 2. The average molecular weight is 838 g/mol. The number of carbonyl (C=O) groups excluding carboxylic acids is 1. The maximum atomic E-state index is 14.3. The normalized spacial score (nSPS) is 46.1. The fourth-order valence-corrected chi connectivity index (χ4v) is 9.33. The van der Waals surface area contributed by atoms with Crippen LogP contribution in [0, 0.1) is 23.7 Å². The summed E-state index contributed by atoms with van der Waals surface area (Å²) < 4.78 is 49.0. The SMILES string of the molecule is CC[C@H]1OC(=O)[C@H](C)[C@@H](O[C@H]2C[C@@](C)(OC)[C@@H](O)[C@H](C)O2)[C@H](C)[C@@H](O[C@@H]2O[C@H](C)C[C@H]([N+](C)(C)COCCOC)[C@H]2O)[C@](C)(O)C[C@@H](C)/C(=N\O)[C@H](C)[C@@H](O)[C@]1(C)O. The number of cyclic esters (lactones) is 1. The summed E-state index contributed by atoms with van der Waals surface area (Å²) in [5, 5.41) is 72.9. The Bertz CT molecular complexity index is 1330. The molecule has 0 aromatic rings. The van der Waals surface area contributed by atoms with Gasteiger partial charge >= 0.3 is 5.97 Å². The Balaban J connectivity index is 2.19. The zero-order valence-electron chi connectivity index (χ0n) is 37.4. The van der Waals surface area contributed by atoms with Gasteiger partial charge in [0, 0.05) is 44.8 Å². The van der Waals surface area contributed by atoms with E-state index in [4.69, 9.17) is 37.9 Å². The van der Waals surface area contributed by atoms with E-state index in [-0.39, 0.29) is 42.3 Å². The number of carbonyl (C=O) groups is 1. The smallest absolute Gasteiger partial charge is 0.311 e. The molecule has 0 aliphatic carbocycles. The van der Waals surface area contributed by atoms with Crippen LogP contribution in [0.2, 0.25) is 0 Å². The van der Waals surface area contributed by atoms with Crippen molar-refractivity contribution >= 4 is 11.7 Å². The molecule has 17 nitrogen and oxygen atoms in total. The number of aliphatic hydroxyl groups is 5. The summed E-state index contributed by atoms with van der Waals surface area (Å²) in [6.07, 6.45) is -10.1. The fraction of sp³-hybridized carbons (Fsp3) is 0.951. The first-order valence-corrected chi connectivity index (χ1v) is 20.8. The molecule has 3 saturated heterocycles. The van der Waals surface area contributed by atoms with Crippen molar-refractivity contribution in [3.05, 3.63) is 0 Å². The number of esters is 1. The third-order valence-corrected chi connectivity index (χ3v) is 13.1. The molecule has 0 radical (unpaired) electrons. The number of rotatable bonds is 12. The lowest BCUT2D eigenvalue weighted by atomic mass is 9.73. The first kappa shape index (κ1) is 50.8. The fourth-order valence-electron chi connectivity index (χ4n) is 9.33. The molecule has 3 heterocycles. The maximum Gasteiger partial charge on any atom is 0.311 e. The second-order valence-electron chi connectivity index (χ2n) is 18.4. The minimum atomic E-state index is -1.99. The van der Waals surface area contributed by atoms with Crippen molar-refractivity contribution in [1.82, 2.24) is 0 Å². The van der Waals surface area contributed by atoms with Crippen LogP contribution in [0.1, 0.15) is 94.9 Å². The monoisotopic (exact) mass is 838 g/mol. The van der Waals surface area contributed by atoms with Crippen LogP contribution in [0.5, 0.6) is 0 Å². The molecule has 0 aromatic heterocycles. The molecule has 6 N–H and O–H groups in total. The van der Waals surface area contributed by atoms with Crippen molar-refractivity contribution in [3.8, 4) is 0 Å². The highest BCUT2D eigenvalue weighted by atomic mass is 16.7. The summed E-state index contributed by atoms with van der Waals surface area (Å²) in [7, 11) is 6.96. The van der Waals surface area contributed by atoms with Crippen molar-refractivity contribution in [2.24, 2.45) is 28.8 Å². The highest BCUT2D eigenvalue weighted by Crippen LogP contribution is 2.41. The van der Waals surface area contributed by atoms with E-state index in [0.29, 0.717) is 19.6 Å². The van der Waals surface area contributed by atoms with Crippen LogP contribution in [0.25, 0.3) is 0 Å². The number of quaternary nitrogens is 1. The van der Waals surface area contributed by atoms with Gasteiger partial charge in [0.1, 0.15) is 23.9 Å². The van der Waals surface area contributed by atoms with Crippen molar-refractivity contribution < 1.29 is 77.9 Å². The lowest BCUT2D eigenvalue weighted by Crippen LogP contribution is -2.64. The van der Waals surface area contributed by atoms with Crippen LogP contribution in [0.15, 0.2) is 5.16 Å². The largest absolute Gasteiger partial charge is 0.459 e. The van der Waals surface area contributed by atoms with Gasteiger partial charge in [-0.1, -0.05) is 32.9 Å². The molecular formula is C41H77N2O15+. The minimum absolute atomic E-state index is 0.0781. The summed E-state index contributed by atoms with van der Waals surface area (Å²) >= 11 is 0. The van der Waals surface area contributed by atoms with Gasteiger partial charge in [0.15, 0.2) is 25.4 Å². The van der Waals surface area contributed by atoms with Crippen LogP contribution < -0.4 is 0 Å². The van der Waals surface area contributed by atoms with E-state index in [0.717, 1.165) is 0 Å². The molecule has 3 aliphatic heterocycles. The van der Waals surface area contributed by atoms with Crippen LogP contribution in [-0.4, -0.2) is 179 Å². The van der Waals surface area contributed by atoms with E-state index in [9.17, 15) is 35.5 Å². The van der Waals surface area contributed by atoms with Crippen LogP contribution in [0.4, 0.5) is 0 Å². The summed E-state index contributed by atoms with van der Waals surface area (Å²) in [5.74, 6) is -4.38. The zero-order chi connectivity index (χ0) is 44.1. The van der Waals surface area contributed by atoms with E-state index >= 15 is 0 Å². The number of hydrogen-bond donors (Lipinski definition) is 6. The predicted molar refractivity (Wildman–Crippen MR) is 212 cm³/mol. The Morgan fingerprint density at radius 3 is 2.10 bits per heavy atom. The van der Waals surface area contributed by atoms with Crippen molar-refractivity contribution in [2.45, 2.75) is 179 Å². The second-order valence-corrected chi connectivity index (χ2v) is 18.4. The van der Waals surface area contributed by atoms with E-state index in [1.54, 1.807) is 62.5 Å². The van der Waals surface area contributed by atoms with Gasteiger partial charge in [-0.3, -0.25) is 4.79 Å². The minimum Gasteiger partial charge on any atom is -0.459 e. The molecule has 0 saturated carbocycles. The van der Waals surface area contributed by atoms with Crippen LogP contribution >= 0.6 is 0 Å². The molecule has 3 aliphatic rings. The third-order valence-electron chi connectivity index (χ3n) is 13.1. The molecular weight excluding hydrogens is 760 g/mol. The number of ether oxygens (including phenoxy) is 8. The molecule has 58 heavy (non-hydrogen) atoms. The van der Waals surface area contributed by atoms with Crippen molar-refractivity contribution in [1.29, 1.82) is 0 Å². The molecule has 18 atom stereocenters. The standard InChI is InChI=1S/C41H76N2O15/c1-15-29-41(10,49)34(45)24(4)31(42-50)22(2)19-39(8,48)36(58-38-32(44)28(18-23(3)54-38)43(11,12)21-53-17-16-51-13)25(5)33(26(6)37(47)56-29)57-30-20-40(9,52-14)35(46)27(7)55-30/h22-30,32-36,38,44-46,48-49H,15-21H2,1-14H3/p+1/b42-31+/t22-,23-,24+,25+,26-,27+,28+,29-,30+,32-,33+,34-,35+,36-,38+,39-,40-,41-/m1/s1. The lowest BCUT2D eigenvalue weighted by Gasteiger charge is -2.50. The number of oxime groups is 1. The summed E-state index contributed by atoms with van der Waals surface area (Å²) in [6, 6.07) is -0.417. The molecule has 0 spiro atoms. The molecule has 17 heteroatoms. The predicted octanol–water partition coefficient (Wildman–Crippen LogP) is 2.18. The Labute approximate surface area is 345 Å². The molecule has 0 bridgehead atoms. The van der Waals surface area contributed by atoms with Crippen molar-refractivity contribution in [2.75, 3.05) is 48.3 Å². The Kier molecular flexibility index (Phi) is 18.0. The summed E-state index contributed by atoms with van der Waals surface area (Å²) in [4.78, 5) is 14.3. The van der Waals surface area contributed by atoms with Gasteiger partial charge in [-0.2, -0.15) is 0 Å². The molecule has 0 aromatic carbocycles. The van der Waals surface area contributed by atoms with E-state index in [1.807, 2.05) is 21.0 Å². The van der Waals surface area contributed by atoms with E-state index < -0.39 is 108 Å². The van der Waals surface area contributed by atoms with Gasteiger partial charge in [-0.05, 0) is 54.4 Å². The van der Waals surface area contributed by atoms with Crippen LogP contribution in [-0.2, 0) is 42.7 Å². The van der Waals surface area contributed by atoms with E-state index in [1.165, 1.54) is 14.0 Å². The van der Waals surface area contributed by atoms with Gasteiger partial charge in [-0.15, -0.1) is 0 Å². The number of likely N-dealkylation sites (N-methyl/N-ethyl adjacent to an activating group) is 1. The summed E-state index contributed by atoms with van der Waals surface area (Å²) in [5.41, 5.74) is -4.78. The molecule has 3 fully saturated rings. The van der Waals surface area contributed by atoms with Gasteiger partial charge in [0.05, 0.1) is 80.7 Å². The number of hydrogen-bond acceptors (Lipinski definition) is 16. The molecule has 340 valence electrons. The first-order valence-electron chi connectivity index (χ1n) is 20.8. The first-order chi connectivity index (χ1) is 26.8.